The Hall–Kier alpha value is -1.83. The van der Waals surface area contributed by atoms with Crippen molar-refractivity contribution in [2.24, 2.45) is 0 Å². The molecule has 2 nitrogen and oxygen atoms in total. The maximum absolute atomic E-state index is 4.50. The minimum atomic E-state index is 1.05. The lowest BCUT2D eigenvalue weighted by Gasteiger charge is -2.00. The first-order valence-corrected chi connectivity index (χ1v) is 5.51. The van der Waals surface area contributed by atoms with Crippen LogP contribution in [0.15, 0.2) is 24.4 Å². The van der Waals surface area contributed by atoms with Crippen molar-refractivity contribution < 1.29 is 0 Å². The second-order valence-corrected chi connectivity index (χ2v) is 4.44. The molecule has 0 saturated heterocycles. The van der Waals surface area contributed by atoms with E-state index >= 15 is 0 Å². The van der Waals surface area contributed by atoms with Gasteiger partial charge in [0.25, 0.3) is 0 Å². The van der Waals surface area contributed by atoms with Crippen LogP contribution in [0.25, 0.3) is 21.8 Å². The molecule has 0 amide bonds. The monoisotopic (exact) mass is 210 g/mol. The molecule has 0 unspecified atom stereocenters. The standard InChI is InChI=1S/C14H14N2/c1-8-4-5-13-11(6-8)14-12(7-15-13)9(2)10(3)16-14/h4-7,16H,1-3H3. The molecule has 1 aromatic carbocycles. The number of aromatic nitrogens is 2. The van der Waals surface area contributed by atoms with Crippen LogP contribution in [0.2, 0.25) is 0 Å². The summed E-state index contributed by atoms with van der Waals surface area (Å²) in [6, 6.07) is 6.37. The highest BCUT2D eigenvalue weighted by Crippen LogP contribution is 2.27. The van der Waals surface area contributed by atoms with Crippen molar-refractivity contribution >= 4 is 21.8 Å². The Kier molecular flexibility index (Phi) is 1.81. The van der Waals surface area contributed by atoms with E-state index in [9.17, 15) is 0 Å². The fourth-order valence-electron chi connectivity index (χ4n) is 2.21. The lowest BCUT2D eigenvalue weighted by molar-refractivity contribution is 1.26. The second-order valence-electron chi connectivity index (χ2n) is 4.44. The molecule has 2 heteroatoms. The van der Waals surface area contributed by atoms with Crippen LogP contribution in [0.4, 0.5) is 0 Å². The Balaban J connectivity index is 2.57. The van der Waals surface area contributed by atoms with Crippen LogP contribution < -0.4 is 0 Å². The summed E-state index contributed by atoms with van der Waals surface area (Å²) in [4.78, 5) is 7.96. The summed E-state index contributed by atoms with van der Waals surface area (Å²) in [5.74, 6) is 0. The summed E-state index contributed by atoms with van der Waals surface area (Å²) >= 11 is 0. The SMILES string of the molecule is Cc1ccc2ncc3c(C)c(C)[nH]c3c2c1. The van der Waals surface area contributed by atoms with Crippen LogP contribution in [-0.4, -0.2) is 9.97 Å². The third kappa shape index (κ3) is 1.16. The Morgan fingerprint density at radius 2 is 1.88 bits per heavy atom. The van der Waals surface area contributed by atoms with Gasteiger partial charge in [-0.1, -0.05) is 11.6 Å². The molecule has 2 aromatic heterocycles. The molecule has 0 bridgehead atoms. The highest BCUT2D eigenvalue weighted by atomic mass is 14.7. The van der Waals surface area contributed by atoms with E-state index in [2.05, 4.69) is 48.9 Å². The Morgan fingerprint density at radius 1 is 1.06 bits per heavy atom. The Bertz CT molecular complexity index is 693. The van der Waals surface area contributed by atoms with Gasteiger partial charge in [-0.05, 0) is 38.5 Å². The van der Waals surface area contributed by atoms with Crippen molar-refractivity contribution in [1.82, 2.24) is 9.97 Å². The second kappa shape index (κ2) is 3.08. The number of rotatable bonds is 0. The molecule has 0 aliphatic carbocycles. The van der Waals surface area contributed by atoms with Crippen LogP contribution in [0, 0.1) is 20.8 Å². The topological polar surface area (TPSA) is 28.7 Å². The van der Waals surface area contributed by atoms with Gasteiger partial charge in [0.2, 0.25) is 0 Å². The first-order chi connectivity index (χ1) is 7.66. The average Bonchev–Trinajstić information content (AvgIpc) is 2.56. The first-order valence-electron chi connectivity index (χ1n) is 5.51. The maximum Gasteiger partial charge on any atom is 0.0723 e. The van der Waals surface area contributed by atoms with Gasteiger partial charge in [-0.2, -0.15) is 0 Å². The minimum absolute atomic E-state index is 1.05. The summed E-state index contributed by atoms with van der Waals surface area (Å²) in [5.41, 5.74) is 6.06. The van der Waals surface area contributed by atoms with E-state index in [-0.39, 0.29) is 0 Å². The lowest BCUT2D eigenvalue weighted by atomic mass is 10.1. The van der Waals surface area contributed by atoms with E-state index < -0.39 is 0 Å². The van der Waals surface area contributed by atoms with Crippen molar-refractivity contribution in [2.45, 2.75) is 20.8 Å². The van der Waals surface area contributed by atoms with Gasteiger partial charge in [0.15, 0.2) is 0 Å². The average molecular weight is 210 g/mol. The van der Waals surface area contributed by atoms with Gasteiger partial charge >= 0.3 is 0 Å². The van der Waals surface area contributed by atoms with E-state index in [1.54, 1.807) is 0 Å². The van der Waals surface area contributed by atoms with Gasteiger partial charge in [0, 0.05) is 22.7 Å². The first kappa shape index (κ1) is 9.40. The molecule has 2 heterocycles. The van der Waals surface area contributed by atoms with E-state index in [1.165, 1.54) is 33.1 Å². The van der Waals surface area contributed by atoms with Crippen LogP contribution in [-0.2, 0) is 0 Å². The predicted molar refractivity (Wildman–Crippen MR) is 67.8 cm³/mol. The van der Waals surface area contributed by atoms with Crippen molar-refractivity contribution in [1.29, 1.82) is 0 Å². The highest BCUT2D eigenvalue weighted by molar-refractivity contribution is 6.05. The number of H-pyrrole nitrogens is 1. The molecule has 1 N–H and O–H groups in total. The normalized spacial score (nSPS) is 11.4. The number of aryl methyl sites for hydroxylation is 3. The molecule has 0 radical (unpaired) electrons. The van der Waals surface area contributed by atoms with Crippen LogP contribution in [0.1, 0.15) is 16.8 Å². The smallest absolute Gasteiger partial charge is 0.0723 e. The van der Waals surface area contributed by atoms with Crippen molar-refractivity contribution in [3.8, 4) is 0 Å². The van der Waals surface area contributed by atoms with E-state index in [1.807, 2.05) is 6.20 Å². The maximum atomic E-state index is 4.50. The number of hydrogen-bond acceptors (Lipinski definition) is 1. The number of benzene rings is 1. The summed E-state index contributed by atoms with van der Waals surface area (Å²) in [5, 5.41) is 2.45. The van der Waals surface area contributed by atoms with Crippen LogP contribution >= 0.6 is 0 Å². The molecule has 3 rings (SSSR count). The van der Waals surface area contributed by atoms with Gasteiger partial charge in [-0.25, -0.2) is 0 Å². The van der Waals surface area contributed by atoms with Crippen molar-refractivity contribution in [3.05, 3.63) is 41.2 Å². The number of pyridine rings is 1. The molecule has 0 aliphatic rings. The van der Waals surface area contributed by atoms with Crippen molar-refractivity contribution in [2.75, 3.05) is 0 Å². The Labute approximate surface area is 94.3 Å². The number of aromatic amines is 1. The van der Waals surface area contributed by atoms with E-state index in [0.717, 1.165) is 5.52 Å². The quantitative estimate of drug-likeness (QED) is 0.603. The molecule has 80 valence electrons. The predicted octanol–water partition coefficient (Wildman–Crippen LogP) is 3.64. The minimum Gasteiger partial charge on any atom is -0.358 e. The summed E-state index contributed by atoms with van der Waals surface area (Å²) in [7, 11) is 0. The number of hydrogen-bond donors (Lipinski definition) is 1. The largest absolute Gasteiger partial charge is 0.358 e. The highest BCUT2D eigenvalue weighted by Gasteiger charge is 2.08. The molecule has 0 atom stereocenters. The Morgan fingerprint density at radius 3 is 2.69 bits per heavy atom. The zero-order valence-corrected chi connectivity index (χ0v) is 9.76. The third-order valence-corrected chi connectivity index (χ3v) is 3.30. The van der Waals surface area contributed by atoms with E-state index in [4.69, 9.17) is 0 Å². The number of nitrogens with one attached hydrogen (secondary N) is 1. The molecule has 3 aromatic rings. The molecular formula is C14H14N2. The molecule has 16 heavy (non-hydrogen) atoms. The summed E-state index contributed by atoms with van der Waals surface area (Å²) in [6.45, 7) is 6.36. The molecule has 0 spiro atoms. The summed E-state index contributed by atoms with van der Waals surface area (Å²) < 4.78 is 0. The van der Waals surface area contributed by atoms with Crippen LogP contribution in [0.5, 0.6) is 0 Å². The zero-order valence-electron chi connectivity index (χ0n) is 9.76. The van der Waals surface area contributed by atoms with Crippen LogP contribution in [0.3, 0.4) is 0 Å². The molecule has 0 saturated carbocycles. The fourth-order valence-corrected chi connectivity index (χ4v) is 2.21. The molecule has 0 aliphatic heterocycles. The van der Waals surface area contributed by atoms with Gasteiger partial charge in [0.1, 0.15) is 0 Å². The lowest BCUT2D eigenvalue weighted by Crippen LogP contribution is -1.82. The molecule has 0 fully saturated rings. The summed E-state index contributed by atoms with van der Waals surface area (Å²) in [6.07, 6.45) is 1.96. The van der Waals surface area contributed by atoms with Crippen molar-refractivity contribution in [3.63, 3.8) is 0 Å². The zero-order chi connectivity index (χ0) is 11.3. The third-order valence-electron chi connectivity index (χ3n) is 3.30. The van der Waals surface area contributed by atoms with E-state index in [0.29, 0.717) is 0 Å². The van der Waals surface area contributed by atoms with Gasteiger partial charge < -0.3 is 4.98 Å². The molecular weight excluding hydrogens is 196 g/mol. The fraction of sp³-hybridized carbons (Fsp3) is 0.214. The number of nitrogens with zero attached hydrogens (tertiary/aromatic N) is 1. The van der Waals surface area contributed by atoms with Gasteiger partial charge in [-0.3, -0.25) is 4.98 Å². The van der Waals surface area contributed by atoms with Gasteiger partial charge in [0.05, 0.1) is 11.0 Å². The van der Waals surface area contributed by atoms with Gasteiger partial charge in [-0.15, -0.1) is 0 Å². The number of fused-ring (bicyclic) bond motifs is 3.